The maximum absolute atomic E-state index is 13.8. The Bertz CT molecular complexity index is 1340. The van der Waals surface area contributed by atoms with E-state index < -0.39 is 17.7 Å². The summed E-state index contributed by atoms with van der Waals surface area (Å²) in [5, 5.41) is 13.4. The number of halogens is 3. The number of anilines is 3. The number of nitrogen functional groups attached to an aromatic ring is 2. The van der Waals surface area contributed by atoms with Gasteiger partial charge >= 0.3 is 0 Å². The van der Waals surface area contributed by atoms with E-state index in [9.17, 15) is 14.0 Å². The number of hydrogen-bond acceptors (Lipinski definition) is 7. The summed E-state index contributed by atoms with van der Waals surface area (Å²) in [6.45, 7) is 1.80. The lowest BCUT2D eigenvalue weighted by atomic mass is 10.1. The summed E-state index contributed by atoms with van der Waals surface area (Å²) >= 11 is 6.43. The van der Waals surface area contributed by atoms with E-state index in [1.54, 1.807) is 19.2 Å². The molecular formula is C20H15ClF2N8. The largest absolute Gasteiger partial charge is 0.382 e. The molecule has 1 unspecified atom stereocenters. The minimum Gasteiger partial charge on any atom is -0.382 e. The monoisotopic (exact) mass is 440 g/mol. The summed E-state index contributed by atoms with van der Waals surface area (Å²) in [5.74, 6) is -1.45. The highest BCUT2D eigenvalue weighted by Gasteiger charge is 2.21. The zero-order valence-electron chi connectivity index (χ0n) is 16.1. The van der Waals surface area contributed by atoms with Gasteiger partial charge in [0.1, 0.15) is 34.7 Å². The van der Waals surface area contributed by atoms with Gasteiger partial charge in [0.25, 0.3) is 0 Å². The van der Waals surface area contributed by atoms with Crippen molar-refractivity contribution in [1.29, 1.82) is 5.26 Å². The van der Waals surface area contributed by atoms with Gasteiger partial charge in [-0.3, -0.25) is 0 Å². The van der Waals surface area contributed by atoms with Gasteiger partial charge in [-0.25, -0.2) is 13.8 Å². The third kappa shape index (κ3) is 3.67. The smallest absolute Gasteiger partial charge is 0.224 e. The predicted octanol–water partition coefficient (Wildman–Crippen LogP) is 3.96. The summed E-state index contributed by atoms with van der Waals surface area (Å²) < 4.78 is 29.2. The first-order valence-electron chi connectivity index (χ1n) is 9.00. The Morgan fingerprint density at radius 1 is 1.19 bits per heavy atom. The molecule has 0 radical (unpaired) electrons. The third-order valence-corrected chi connectivity index (χ3v) is 4.99. The summed E-state index contributed by atoms with van der Waals surface area (Å²) in [5.41, 5.74) is 12.8. The Morgan fingerprint density at radius 3 is 2.58 bits per heavy atom. The highest BCUT2D eigenvalue weighted by atomic mass is 35.5. The molecule has 31 heavy (non-hydrogen) atoms. The normalized spacial score (nSPS) is 12.0. The van der Waals surface area contributed by atoms with Crippen LogP contribution < -0.4 is 16.8 Å². The molecule has 3 heterocycles. The van der Waals surface area contributed by atoms with E-state index in [0.717, 1.165) is 6.07 Å². The highest BCUT2D eigenvalue weighted by molar-refractivity contribution is 6.35. The molecule has 1 atom stereocenters. The average Bonchev–Trinajstić information content (AvgIpc) is 3.08. The number of hydrogen-bond donors (Lipinski definition) is 3. The van der Waals surface area contributed by atoms with E-state index in [4.69, 9.17) is 23.1 Å². The summed E-state index contributed by atoms with van der Waals surface area (Å²) in [4.78, 5) is 12.2. The average molecular weight is 441 g/mol. The van der Waals surface area contributed by atoms with E-state index in [1.807, 2.05) is 6.07 Å². The van der Waals surface area contributed by atoms with Gasteiger partial charge in [0, 0.05) is 29.4 Å². The molecular weight excluding hydrogens is 426 g/mol. The number of nitrogens with one attached hydrogen (secondary N) is 1. The fourth-order valence-corrected chi connectivity index (χ4v) is 3.59. The molecule has 11 heteroatoms. The highest BCUT2D eigenvalue weighted by Crippen LogP contribution is 2.35. The van der Waals surface area contributed by atoms with Crippen LogP contribution in [0.4, 0.5) is 26.4 Å². The molecule has 4 rings (SSSR count). The molecule has 0 amide bonds. The quantitative estimate of drug-likeness (QED) is 0.437. The van der Waals surface area contributed by atoms with Crippen molar-refractivity contribution in [2.45, 2.75) is 13.0 Å². The van der Waals surface area contributed by atoms with Gasteiger partial charge in [-0.15, -0.1) is 0 Å². The van der Waals surface area contributed by atoms with E-state index in [0.29, 0.717) is 21.6 Å². The number of nitriles is 1. The van der Waals surface area contributed by atoms with E-state index in [1.165, 1.54) is 22.9 Å². The van der Waals surface area contributed by atoms with Crippen LogP contribution in [0.15, 0.2) is 36.7 Å². The van der Waals surface area contributed by atoms with Crippen molar-refractivity contribution in [2.24, 2.45) is 0 Å². The number of rotatable bonds is 4. The van der Waals surface area contributed by atoms with E-state index in [2.05, 4.69) is 20.3 Å². The first kappa shape index (κ1) is 20.3. The lowest BCUT2D eigenvalue weighted by Crippen LogP contribution is -2.13. The fraction of sp³-hybridized carbons (Fsp3) is 0.100. The van der Waals surface area contributed by atoms with Gasteiger partial charge in [0.2, 0.25) is 5.95 Å². The van der Waals surface area contributed by atoms with Gasteiger partial charge in [0.05, 0.1) is 16.8 Å². The number of aromatic nitrogens is 4. The summed E-state index contributed by atoms with van der Waals surface area (Å²) in [6, 6.07) is 6.25. The van der Waals surface area contributed by atoms with Crippen molar-refractivity contribution in [3.8, 4) is 11.8 Å². The van der Waals surface area contributed by atoms with Gasteiger partial charge < -0.3 is 21.4 Å². The first-order valence-corrected chi connectivity index (χ1v) is 9.37. The van der Waals surface area contributed by atoms with Gasteiger partial charge in [0.15, 0.2) is 5.82 Å². The molecule has 1 aromatic carbocycles. The molecule has 4 aromatic rings. The van der Waals surface area contributed by atoms with Crippen LogP contribution in [0.25, 0.3) is 16.7 Å². The minimum atomic E-state index is -0.725. The van der Waals surface area contributed by atoms with Crippen molar-refractivity contribution in [3.63, 3.8) is 0 Å². The van der Waals surface area contributed by atoms with Crippen LogP contribution in [0.5, 0.6) is 0 Å². The maximum atomic E-state index is 13.8. The molecule has 0 aliphatic heterocycles. The summed E-state index contributed by atoms with van der Waals surface area (Å²) in [7, 11) is 0. The molecule has 0 bridgehead atoms. The van der Waals surface area contributed by atoms with E-state index in [-0.39, 0.29) is 28.8 Å². The van der Waals surface area contributed by atoms with Gasteiger partial charge in [-0.2, -0.15) is 15.2 Å². The Balaban J connectivity index is 1.86. The van der Waals surface area contributed by atoms with Crippen LogP contribution in [0.2, 0.25) is 5.02 Å². The Kier molecular flexibility index (Phi) is 5.04. The molecule has 0 aliphatic carbocycles. The lowest BCUT2D eigenvalue weighted by Gasteiger charge is -2.16. The lowest BCUT2D eigenvalue weighted by molar-refractivity contribution is 0.582. The van der Waals surface area contributed by atoms with Crippen molar-refractivity contribution >= 4 is 40.2 Å². The van der Waals surface area contributed by atoms with Crippen LogP contribution >= 0.6 is 11.6 Å². The fourth-order valence-electron chi connectivity index (χ4n) is 3.34. The molecule has 0 saturated heterocycles. The second-order valence-electron chi connectivity index (χ2n) is 6.74. The molecule has 0 saturated carbocycles. The molecule has 8 nitrogen and oxygen atoms in total. The van der Waals surface area contributed by atoms with E-state index >= 15 is 0 Å². The Morgan fingerprint density at radius 2 is 1.90 bits per heavy atom. The topological polar surface area (TPSA) is 131 Å². The molecule has 0 fully saturated rings. The van der Waals surface area contributed by atoms with Crippen molar-refractivity contribution in [1.82, 2.24) is 19.5 Å². The first-order chi connectivity index (χ1) is 14.8. The number of pyridine rings is 1. The second kappa shape index (κ2) is 7.70. The zero-order valence-corrected chi connectivity index (χ0v) is 16.8. The van der Waals surface area contributed by atoms with Crippen LogP contribution in [0.3, 0.4) is 0 Å². The van der Waals surface area contributed by atoms with Gasteiger partial charge in [-0.05, 0) is 25.1 Å². The zero-order chi connectivity index (χ0) is 22.3. The second-order valence-corrected chi connectivity index (χ2v) is 7.15. The molecule has 5 N–H and O–H groups in total. The standard InChI is InChI=1S/C20H15ClF2N8/c1-9(28-18-13(7-24)17(25)29-20(26)30-18)14-8-31(12-5-10(22)4-11(23)6-12)19-16(14)15(21)2-3-27-19/h2-6,8-9H,1H3,(H5,25,26,28,29,30). The van der Waals surface area contributed by atoms with Crippen LogP contribution in [-0.4, -0.2) is 19.5 Å². The number of benzene rings is 1. The van der Waals surface area contributed by atoms with Crippen molar-refractivity contribution in [2.75, 3.05) is 16.8 Å². The van der Waals surface area contributed by atoms with Crippen LogP contribution in [0.1, 0.15) is 24.1 Å². The van der Waals surface area contributed by atoms with Crippen LogP contribution in [-0.2, 0) is 0 Å². The Hall–Kier alpha value is -3.97. The molecule has 156 valence electrons. The van der Waals surface area contributed by atoms with Crippen molar-refractivity contribution in [3.05, 3.63) is 64.4 Å². The van der Waals surface area contributed by atoms with Gasteiger partial charge in [-0.1, -0.05) is 11.6 Å². The maximum Gasteiger partial charge on any atom is 0.224 e. The summed E-state index contributed by atoms with van der Waals surface area (Å²) in [6.07, 6.45) is 3.16. The van der Waals surface area contributed by atoms with Crippen molar-refractivity contribution < 1.29 is 8.78 Å². The minimum absolute atomic E-state index is 0.0428. The number of nitrogens with zero attached hydrogens (tertiary/aromatic N) is 5. The SMILES string of the molecule is CC(Nc1nc(N)nc(N)c1C#N)c1cn(-c2cc(F)cc(F)c2)c2nccc(Cl)c12. The predicted molar refractivity (Wildman–Crippen MR) is 114 cm³/mol. The number of nitrogens with two attached hydrogens (primary N) is 2. The Labute approximate surface area is 180 Å². The van der Waals surface area contributed by atoms with Crippen LogP contribution in [0, 0.1) is 23.0 Å². The molecule has 0 aliphatic rings. The molecule has 3 aromatic heterocycles. The number of fused-ring (bicyclic) bond motifs is 1. The molecule has 0 spiro atoms. The third-order valence-electron chi connectivity index (χ3n) is 4.68.